The SMILES string of the molecule is [C-]#[N+]c1c(F)c2[c-]c(c1F)-c1cccc(n1)-c1[c-]c(c(F)c(C#N)c1F)C(=O)c1cccc(n1)C2=O.[Pt+2]. The second-order valence-corrected chi connectivity index (χ2v) is 7.43. The Balaban J connectivity index is 0.00000320. The van der Waals surface area contributed by atoms with Crippen LogP contribution in [0, 0.1) is 53.3 Å². The molecule has 11 heteroatoms. The van der Waals surface area contributed by atoms with Crippen LogP contribution in [0.1, 0.15) is 37.7 Å². The molecule has 3 heterocycles. The number of fused-ring (bicyclic) bond motifs is 10. The number of halogens is 4. The van der Waals surface area contributed by atoms with Crippen molar-refractivity contribution in [2.45, 2.75) is 0 Å². The van der Waals surface area contributed by atoms with Gasteiger partial charge in [-0.05, 0) is 29.1 Å². The van der Waals surface area contributed by atoms with Crippen molar-refractivity contribution in [2.24, 2.45) is 0 Å². The van der Waals surface area contributed by atoms with E-state index in [1.165, 1.54) is 30.3 Å². The molecule has 2 aromatic carbocycles. The van der Waals surface area contributed by atoms with Crippen LogP contribution < -0.4 is 0 Å². The molecule has 0 aliphatic carbocycles. The van der Waals surface area contributed by atoms with E-state index in [1.54, 1.807) is 0 Å². The first kappa shape index (κ1) is 25.6. The smallest absolute Gasteiger partial charge is 0.333 e. The Kier molecular flexibility index (Phi) is 6.56. The van der Waals surface area contributed by atoms with E-state index in [0.717, 1.165) is 12.1 Å². The molecule has 1 aliphatic rings. The first-order valence-corrected chi connectivity index (χ1v) is 9.97. The number of carbonyl (C=O) groups excluding carboxylic acids is 2. The number of benzene rings is 2. The quantitative estimate of drug-likeness (QED) is 0.167. The number of hydrogen-bond acceptors (Lipinski definition) is 5. The van der Waals surface area contributed by atoms with Crippen molar-refractivity contribution in [3.63, 3.8) is 0 Å². The Hall–Kier alpha value is -4.53. The van der Waals surface area contributed by atoms with Gasteiger partial charge in [-0.2, -0.15) is 5.26 Å². The zero-order chi connectivity index (χ0) is 25.7. The van der Waals surface area contributed by atoms with Gasteiger partial charge in [-0.1, -0.05) is 41.0 Å². The van der Waals surface area contributed by atoms with E-state index >= 15 is 8.78 Å². The summed E-state index contributed by atoms with van der Waals surface area (Å²) in [5.74, 6) is -8.00. The molecule has 4 aromatic rings. The molecule has 0 amide bonds. The predicted molar refractivity (Wildman–Crippen MR) is 115 cm³/mol. The van der Waals surface area contributed by atoms with E-state index < -0.39 is 79.7 Å². The Morgan fingerprint density at radius 3 is 1.65 bits per heavy atom. The molecule has 0 spiro atoms. The van der Waals surface area contributed by atoms with Gasteiger partial charge >= 0.3 is 21.1 Å². The first-order chi connectivity index (χ1) is 17.3. The van der Waals surface area contributed by atoms with Crippen molar-refractivity contribution in [1.29, 1.82) is 5.26 Å². The minimum atomic E-state index is -1.50. The van der Waals surface area contributed by atoms with Gasteiger partial charge in [-0.25, -0.2) is 4.85 Å². The van der Waals surface area contributed by atoms with Crippen LogP contribution in [0.4, 0.5) is 23.2 Å². The molecule has 0 radical (unpaired) electrons. The molecule has 0 saturated heterocycles. The maximum atomic E-state index is 15.1. The van der Waals surface area contributed by atoms with Gasteiger partial charge in [0.05, 0.1) is 52.9 Å². The number of nitriles is 1. The number of ketones is 2. The van der Waals surface area contributed by atoms with Crippen LogP contribution in [0.3, 0.4) is 0 Å². The summed E-state index contributed by atoms with van der Waals surface area (Å²) >= 11 is 0. The van der Waals surface area contributed by atoms with Crippen LogP contribution in [-0.4, -0.2) is 21.5 Å². The van der Waals surface area contributed by atoms with E-state index in [4.69, 9.17) is 6.57 Å². The third-order valence-electron chi connectivity index (χ3n) is 5.39. The summed E-state index contributed by atoms with van der Waals surface area (Å²) in [4.78, 5) is 37.0. The van der Waals surface area contributed by atoms with E-state index in [-0.39, 0.29) is 32.5 Å². The van der Waals surface area contributed by atoms with Crippen LogP contribution in [0.25, 0.3) is 27.4 Å². The van der Waals surface area contributed by atoms with E-state index in [2.05, 4.69) is 26.9 Å². The van der Waals surface area contributed by atoms with Crippen LogP contribution in [-0.2, 0) is 21.1 Å². The largest absolute Gasteiger partial charge is 2.00 e. The Labute approximate surface area is 220 Å². The summed E-state index contributed by atoms with van der Waals surface area (Å²) in [6, 6.07) is 13.1. The number of aromatic nitrogens is 2. The third-order valence-corrected chi connectivity index (χ3v) is 5.39. The zero-order valence-electron chi connectivity index (χ0n) is 17.9. The number of rotatable bonds is 0. The summed E-state index contributed by atoms with van der Waals surface area (Å²) in [5, 5.41) is 9.33. The minimum absolute atomic E-state index is 0. The summed E-state index contributed by atoms with van der Waals surface area (Å²) in [5.41, 5.74) is -6.58. The second kappa shape index (κ2) is 9.49. The summed E-state index contributed by atoms with van der Waals surface area (Å²) in [7, 11) is 0. The molecule has 0 unspecified atom stereocenters. The predicted octanol–water partition coefficient (Wildman–Crippen LogP) is 5.16. The maximum absolute atomic E-state index is 15.1. The zero-order valence-corrected chi connectivity index (χ0v) is 20.2. The molecule has 1 aliphatic heterocycles. The fraction of sp³-hybridized carbons (Fsp3) is 0. The van der Waals surface area contributed by atoms with E-state index in [1.807, 2.05) is 0 Å². The molecular weight excluding hydrogens is 671 g/mol. The normalized spacial score (nSPS) is 11.6. The standard InChI is InChI=1S/C26H6F4N4O2.Pt/c1-32-24-22(29)12-9-14(23(24)30)26(36)19-7-3-6-18(34-19)25(35)13-8-11(16-4-2-5-17(12)33-16)20(27)15(10-31)21(13)28;/h2-7H;/q-2;+2. The molecule has 0 N–H and O–H groups in total. The van der Waals surface area contributed by atoms with Crippen molar-refractivity contribution in [1.82, 2.24) is 9.97 Å². The monoisotopic (exact) mass is 677 g/mol. The summed E-state index contributed by atoms with van der Waals surface area (Å²) in [6.07, 6.45) is 0. The van der Waals surface area contributed by atoms with E-state index in [9.17, 15) is 23.6 Å². The van der Waals surface area contributed by atoms with Gasteiger partial charge in [0.1, 0.15) is 11.6 Å². The summed E-state index contributed by atoms with van der Waals surface area (Å²) in [6.45, 7) is 7.18. The van der Waals surface area contributed by atoms with Gasteiger partial charge in [-0.15, -0.1) is 12.1 Å². The Morgan fingerprint density at radius 1 is 0.730 bits per heavy atom. The molecule has 8 bridgehead atoms. The molecule has 5 rings (SSSR count). The molecule has 6 nitrogen and oxygen atoms in total. The fourth-order valence-corrected chi connectivity index (χ4v) is 3.67. The van der Waals surface area contributed by atoms with Crippen LogP contribution in [0.15, 0.2) is 36.4 Å². The molecule has 37 heavy (non-hydrogen) atoms. The summed E-state index contributed by atoms with van der Waals surface area (Å²) < 4.78 is 60.1. The van der Waals surface area contributed by atoms with Crippen molar-refractivity contribution in [2.75, 3.05) is 0 Å². The Morgan fingerprint density at radius 2 is 1.14 bits per heavy atom. The van der Waals surface area contributed by atoms with Crippen molar-refractivity contribution >= 4 is 17.3 Å². The second-order valence-electron chi connectivity index (χ2n) is 7.43. The average molecular weight is 677 g/mol. The van der Waals surface area contributed by atoms with Gasteiger partial charge in [0.2, 0.25) is 0 Å². The topological polar surface area (TPSA) is 88.1 Å². The Bertz CT molecular complexity index is 1640. The number of nitrogens with zero attached hydrogens (tertiary/aromatic N) is 4. The van der Waals surface area contributed by atoms with Crippen molar-refractivity contribution in [3.8, 4) is 28.6 Å². The number of pyridine rings is 2. The van der Waals surface area contributed by atoms with Gasteiger partial charge in [0, 0.05) is 0 Å². The molecule has 0 atom stereocenters. The molecular formula is C26H6F4N4O2Pt. The van der Waals surface area contributed by atoms with Crippen LogP contribution in [0.2, 0.25) is 0 Å². The van der Waals surface area contributed by atoms with Gasteiger partial charge < -0.3 is 14.6 Å². The number of hydrogen-bond donors (Lipinski definition) is 0. The number of carbonyl (C=O) groups is 2. The minimum Gasteiger partial charge on any atom is -0.333 e. The fourth-order valence-electron chi connectivity index (χ4n) is 3.67. The first-order valence-electron chi connectivity index (χ1n) is 9.97. The van der Waals surface area contributed by atoms with Crippen LogP contribution >= 0.6 is 0 Å². The van der Waals surface area contributed by atoms with Gasteiger partial charge in [0.15, 0.2) is 5.69 Å². The molecule has 0 fully saturated rings. The molecule has 180 valence electrons. The van der Waals surface area contributed by atoms with Crippen LogP contribution in [0.5, 0.6) is 0 Å². The molecule has 2 aromatic heterocycles. The third kappa shape index (κ3) is 3.92. The molecule has 0 saturated carbocycles. The van der Waals surface area contributed by atoms with E-state index in [0.29, 0.717) is 0 Å². The van der Waals surface area contributed by atoms with Crippen molar-refractivity contribution in [3.05, 3.63) is 111 Å². The van der Waals surface area contributed by atoms with Crippen molar-refractivity contribution < 1.29 is 48.2 Å². The maximum Gasteiger partial charge on any atom is 2.00 e. The average Bonchev–Trinajstić information content (AvgIpc) is 2.88. The van der Waals surface area contributed by atoms with Gasteiger partial charge in [-0.3, -0.25) is 22.5 Å². The van der Waals surface area contributed by atoms with Gasteiger partial charge in [0.25, 0.3) is 0 Å².